The fraction of sp³-hybridized carbons (Fsp3) is 0.250. The molecule has 13 heavy (non-hydrogen) atoms. The average Bonchev–Trinajstić information content (AvgIpc) is 2.09. The van der Waals surface area contributed by atoms with Crippen LogP contribution in [0.1, 0.15) is 6.92 Å². The molecule has 1 amide bonds. The van der Waals surface area contributed by atoms with Crippen LogP contribution in [0.25, 0.3) is 0 Å². The first-order valence-corrected chi connectivity index (χ1v) is 4.56. The third kappa shape index (κ3) is 3.02. The minimum atomic E-state index is -0.464. The number of aromatic nitrogens is 1. The van der Waals surface area contributed by atoms with E-state index in [4.69, 9.17) is 4.74 Å². The maximum Gasteiger partial charge on any atom is 0.411 e. The zero-order valence-electron chi connectivity index (χ0n) is 7.08. The van der Waals surface area contributed by atoms with Gasteiger partial charge in [0.25, 0.3) is 0 Å². The van der Waals surface area contributed by atoms with Crippen molar-refractivity contribution in [2.45, 2.75) is 6.92 Å². The van der Waals surface area contributed by atoms with Crippen molar-refractivity contribution < 1.29 is 9.53 Å². The van der Waals surface area contributed by atoms with Gasteiger partial charge >= 0.3 is 6.09 Å². The normalized spacial score (nSPS) is 9.38. The number of ether oxygens (including phenoxy) is 1. The number of amides is 1. The van der Waals surface area contributed by atoms with Gasteiger partial charge in [0.05, 0.1) is 16.8 Å². The molecular formula is C8H9BrN2O2. The van der Waals surface area contributed by atoms with E-state index in [1.54, 1.807) is 25.4 Å². The van der Waals surface area contributed by atoms with E-state index in [1.807, 2.05) is 0 Å². The number of nitrogens with zero attached hydrogens (tertiary/aromatic N) is 1. The number of pyridine rings is 1. The molecular weight excluding hydrogens is 236 g/mol. The molecule has 0 aliphatic heterocycles. The number of rotatable bonds is 2. The Morgan fingerprint density at radius 1 is 1.77 bits per heavy atom. The molecule has 0 unspecified atom stereocenters. The van der Waals surface area contributed by atoms with Crippen LogP contribution in [-0.2, 0) is 4.74 Å². The van der Waals surface area contributed by atoms with Gasteiger partial charge in [-0.1, -0.05) is 0 Å². The van der Waals surface area contributed by atoms with Crippen LogP contribution in [-0.4, -0.2) is 17.7 Å². The molecule has 5 heteroatoms. The van der Waals surface area contributed by atoms with E-state index in [0.717, 1.165) is 4.47 Å². The van der Waals surface area contributed by atoms with Gasteiger partial charge in [-0.15, -0.1) is 0 Å². The summed E-state index contributed by atoms with van der Waals surface area (Å²) in [5, 5.41) is 2.56. The SMILES string of the molecule is CCOC(=O)Nc1ccncc1Br. The van der Waals surface area contributed by atoms with E-state index >= 15 is 0 Å². The summed E-state index contributed by atoms with van der Waals surface area (Å²) in [7, 11) is 0. The first kappa shape index (κ1) is 9.98. The lowest BCUT2D eigenvalue weighted by atomic mass is 10.4. The van der Waals surface area contributed by atoms with Gasteiger partial charge in [0.1, 0.15) is 0 Å². The highest BCUT2D eigenvalue weighted by Gasteiger charge is 2.04. The summed E-state index contributed by atoms with van der Waals surface area (Å²) in [5.41, 5.74) is 0.647. The quantitative estimate of drug-likeness (QED) is 0.870. The van der Waals surface area contributed by atoms with Crippen LogP contribution in [0.5, 0.6) is 0 Å². The predicted molar refractivity (Wildman–Crippen MR) is 52.6 cm³/mol. The van der Waals surface area contributed by atoms with Gasteiger partial charge in [-0.3, -0.25) is 10.3 Å². The molecule has 70 valence electrons. The Bertz CT molecular complexity index is 304. The highest BCUT2D eigenvalue weighted by molar-refractivity contribution is 9.10. The van der Waals surface area contributed by atoms with Gasteiger partial charge in [-0.25, -0.2) is 4.79 Å². The van der Waals surface area contributed by atoms with Gasteiger partial charge in [-0.2, -0.15) is 0 Å². The van der Waals surface area contributed by atoms with Gasteiger partial charge in [0, 0.05) is 12.4 Å². The number of anilines is 1. The molecule has 1 aromatic heterocycles. The fourth-order valence-corrected chi connectivity index (χ4v) is 1.10. The van der Waals surface area contributed by atoms with Crippen molar-refractivity contribution >= 4 is 27.7 Å². The van der Waals surface area contributed by atoms with E-state index in [9.17, 15) is 4.79 Å². The van der Waals surface area contributed by atoms with E-state index in [0.29, 0.717) is 12.3 Å². The number of carbonyl (C=O) groups excluding carboxylic acids is 1. The van der Waals surface area contributed by atoms with Crippen LogP contribution < -0.4 is 5.32 Å². The lowest BCUT2D eigenvalue weighted by molar-refractivity contribution is 0.168. The van der Waals surface area contributed by atoms with Crippen molar-refractivity contribution in [3.05, 3.63) is 22.9 Å². The fourth-order valence-electron chi connectivity index (χ4n) is 0.754. The van der Waals surface area contributed by atoms with Crippen LogP contribution in [0.15, 0.2) is 22.9 Å². The molecule has 0 spiro atoms. The molecule has 0 fully saturated rings. The molecule has 0 radical (unpaired) electrons. The molecule has 0 aliphatic carbocycles. The maximum atomic E-state index is 11.0. The highest BCUT2D eigenvalue weighted by Crippen LogP contribution is 2.19. The standard InChI is InChI=1S/C8H9BrN2O2/c1-2-13-8(12)11-7-3-4-10-5-6(7)9/h3-5H,2H2,1H3,(H,10,11,12). The van der Waals surface area contributed by atoms with Crippen molar-refractivity contribution in [2.75, 3.05) is 11.9 Å². The number of hydrogen-bond donors (Lipinski definition) is 1. The molecule has 0 bridgehead atoms. The summed E-state index contributed by atoms with van der Waals surface area (Å²) in [6.45, 7) is 2.11. The van der Waals surface area contributed by atoms with E-state index in [1.165, 1.54) is 0 Å². The van der Waals surface area contributed by atoms with Crippen molar-refractivity contribution in [1.82, 2.24) is 4.98 Å². The molecule has 1 aromatic rings. The molecule has 1 N–H and O–H groups in total. The second-order valence-corrected chi connectivity index (χ2v) is 3.06. The zero-order chi connectivity index (χ0) is 9.68. The smallest absolute Gasteiger partial charge is 0.411 e. The molecule has 0 saturated carbocycles. The Kier molecular flexibility index (Phi) is 3.70. The lowest BCUT2D eigenvalue weighted by Gasteiger charge is -2.05. The number of carbonyl (C=O) groups is 1. The van der Waals surface area contributed by atoms with Crippen molar-refractivity contribution in [3.63, 3.8) is 0 Å². The molecule has 0 atom stereocenters. The third-order valence-corrected chi connectivity index (χ3v) is 1.92. The molecule has 4 nitrogen and oxygen atoms in total. The molecule has 1 rings (SSSR count). The Morgan fingerprint density at radius 2 is 2.54 bits per heavy atom. The van der Waals surface area contributed by atoms with Crippen LogP contribution in [0, 0.1) is 0 Å². The minimum Gasteiger partial charge on any atom is -0.450 e. The summed E-state index contributed by atoms with van der Waals surface area (Å²) in [5.74, 6) is 0. The summed E-state index contributed by atoms with van der Waals surface area (Å²) < 4.78 is 5.43. The Morgan fingerprint density at radius 3 is 3.15 bits per heavy atom. The Labute approximate surface area is 84.4 Å². The second-order valence-electron chi connectivity index (χ2n) is 2.20. The maximum absolute atomic E-state index is 11.0. The Hall–Kier alpha value is -1.10. The van der Waals surface area contributed by atoms with Crippen LogP contribution >= 0.6 is 15.9 Å². The molecule has 0 saturated heterocycles. The topological polar surface area (TPSA) is 51.2 Å². The molecule has 1 heterocycles. The highest BCUT2D eigenvalue weighted by atomic mass is 79.9. The summed E-state index contributed by atoms with van der Waals surface area (Å²) in [6, 6.07) is 1.68. The summed E-state index contributed by atoms with van der Waals surface area (Å²) in [4.78, 5) is 14.8. The van der Waals surface area contributed by atoms with Crippen LogP contribution in [0.3, 0.4) is 0 Å². The lowest BCUT2D eigenvalue weighted by Crippen LogP contribution is -2.13. The monoisotopic (exact) mass is 244 g/mol. The van der Waals surface area contributed by atoms with Gasteiger partial charge in [-0.05, 0) is 28.9 Å². The number of nitrogens with one attached hydrogen (secondary N) is 1. The molecule has 0 aromatic carbocycles. The van der Waals surface area contributed by atoms with Gasteiger partial charge in [0.15, 0.2) is 0 Å². The Balaban J connectivity index is 2.63. The van der Waals surface area contributed by atoms with Gasteiger partial charge < -0.3 is 4.74 Å². The summed E-state index contributed by atoms with van der Waals surface area (Å²) >= 11 is 3.24. The minimum absolute atomic E-state index is 0.356. The van der Waals surface area contributed by atoms with Crippen molar-refractivity contribution in [3.8, 4) is 0 Å². The average molecular weight is 245 g/mol. The van der Waals surface area contributed by atoms with E-state index < -0.39 is 6.09 Å². The zero-order valence-corrected chi connectivity index (χ0v) is 8.67. The van der Waals surface area contributed by atoms with E-state index in [-0.39, 0.29) is 0 Å². The van der Waals surface area contributed by atoms with E-state index in [2.05, 4.69) is 26.2 Å². The third-order valence-electron chi connectivity index (χ3n) is 1.28. The predicted octanol–water partition coefficient (Wildman–Crippen LogP) is 2.41. The molecule has 0 aliphatic rings. The number of hydrogen-bond acceptors (Lipinski definition) is 3. The second kappa shape index (κ2) is 4.81. The van der Waals surface area contributed by atoms with Gasteiger partial charge in [0.2, 0.25) is 0 Å². The number of halogens is 1. The van der Waals surface area contributed by atoms with Crippen molar-refractivity contribution in [1.29, 1.82) is 0 Å². The largest absolute Gasteiger partial charge is 0.450 e. The first-order chi connectivity index (χ1) is 6.24. The summed E-state index contributed by atoms with van der Waals surface area (Å²) in [6.07, 6.45) is 2.72. The van der Waals surface area contributed by atoms with Crippen LogP contribution in [0.2, 0.25) is 0 Å². The first-order valence-electron chi connectivity index (χ1n) is 3.77. The van der Waals surface area contributed by atoms with Crippen molar-refractivity contribution in [2.24, 2.45) is 0 Å². The van der Waals surface area contributed by atoms with Crippen LogP contribution in [0.4, 0.5) is 10.5 Å².